The fourth-order valence-corrected chi connectivity index (χ4v) is 5.56. The molecule has 4 rings (SSSR count). The predicted octanol–water partition coefficient (Wildman–Crippen LogP) is 4.14. The molecule has 2 amide bonds. The minimum Gasteiger partial charge on any atom is -0.469 e. The molecule has 3 aliphatic heterocycles. The molecule has 0 N–H and O–H groups in total. The van der Waals surface area contributed by atoms with Crippen LogP contribution in [0.15, 0.2) is 10.6 Å². The number of piperidine rings is 1. The van der Waals surface area contributed by atoms with Crippen LogP contribution in [-0.2, 0) is 9.53 Å². The molecule has 0 spiro atoms. The monoisotopic (exact) mass is 504 g/mol. The molecule has 9 heteroatoms. The number of ether oxygens (including phenoxy) is 2. The Balaban J connectivity index is 1.20. The first-order valence-corrected chi connectivity index (χ1v) is 13.6. The third-order valence-electron chi connectivity index (χ3n) is 7.58. The molecule has 0 bridgehead atoms. The lowest BCUT2D eigenvalue weighted by Crippen LogP contribution is -2.55. The molecule has 0 aromatic carbocycles. The lowest BCUT2D eigenvalue weighted by Gasteiger charge is -2.42. The van der Waals surface area contributed by atoms with Gasteiger partial charge in [-0.15, -0.1) is 0 Å². The summed E-state index contributed by atoms with van der Waals surface area (Å²) in [6, 6.07) is 2.08. The molecule has 2 atom stereocenters. The molecule has 0 saturated carbocycles. The SMILES string of the molecule is CC(C)C(C(=O)N1CCCC1C)c1cc(OC2CN(CC3CCN(C(=O)OC(C)(C)C)CC3)C2)no1. The maximum Gasteiger partial charge on any atom is 0.410 e. The van der Waals surface area contributed by atoms with E-state index in [1.165, 1.54) is 0 Å². The minimum absolute atomic E-state index is 0.0802. The highest BCUT2D eigenvalue weighted by Crippen LogP contribution is 2.32. The summed E-state index contributed by atoms with van der Waals surface area (Å²) in [5.41, 5.74) is -0.455. The molecule has 1 aromatic heterocycles. The first-order chi connectivity index (χ1) is 17.0. The maximum atomic E-state index is 13.2. The van der Waals surface area contributed by atoms with Gasteiger partial charge in [-0.3, -0.25) is 9.69 Å². The summed E-state index contributed by atoms with van der Waals surface area (Å²) in [4.78, 5) is 31.7. The molecular formula is C27H44N4O5. The van der Waals surface area contributed by atoms with Crippen LogP contribution in [0.4, 0.5) is 4.79 Å². The number of carbonyl (C=O) groups excluding carboxylic acids is 2. The van der Waals surface area contributed by atoms with Gasteiger partial charge in [0.2, 0.25) is 5.91 Å². The molecule has 202 valence electrons. The van der Waals surface area contributed by atoms with Crippen LogP contribution in [0.2, 0.25) is 0 Å². The smallest absolute Gasteiger partial charge is 0.410 e. The summed E-state index contributed by atoms with van der Waals surface area (Å²) in [7, 11) is 0. The summed E-state index contributed by atoms with van der Waals surface area (Å²) in [5, 5.41) is 4.12. The van der Waals surface area contributed by atoms with Gasteiger partial charge < -0.3 is 23.8 Å². The third kappa shape index (κ3) is 6.52. The topological polar surface area (TPSA) is 88.4 Å². The molecular weight excluding hydrogens is 460 g/mol. The molecule has 0 radical (unpaired) electrons. The van der Waals surface area contributed by atoms with Gasteiger partial charge in [-0.25, -0.2) is 4.79 Å². The van der Waals surface area contributed by atoms with Crippen molar-refractivity contribution in [3.63, 3.8) is 0 Å². The average Bonchev–Trinajstić information content (AvgIpc) is 3.40. The molecule has 0 aliphatic carbocycles. The van der Waals surface area contributed by atoms with E-state index < -0.39 is 5.60 Å². The summed E-state index contributed by atoms with van der Waals surface area (Å²) in [5.74, 6) is 1.55. The van der Waals surface area contributed by atoms with Gasteiger partial charge in [0.1, 0.15) is 17.6 Å². The van der Waals surface area contributed by atoms with E-state index in [4.69, 9.17) is 14.0 Å². The summed E-state index contributed by atoms with van der Waals surface area (Å²) < 4.78 is 17.2. The highest BCUT2D eigenvalue weighted by atomic mass is 16.6. The molecule has 3 fully saturated rings. The van der Waals surface area contributed by atoms with Crippen LogP contribution in [-0.4, -0.2) is 88.9 Å². The largest absolute Gasteiger partial charge is 0.469 e. The van der Waals surface area contributed by atoms with Crippen molar-refractivity contribution in [1.29, 1.82) is 0 Å². The Morgan fingerprint density at radius 1 is 1.14 bits per heavy atom. The van der Waals surface area contributed by atoms with Crippen molar-refractivity contribution in [2.24, 2.45) is 11.8 Å². The number of hydrogen-bond acceptors (Lipinski definition) is 7. The minimum atomic E-state index is -0.455. The Morgan fingerprint density at radius 2 is 1.83 bits per heavy atom. The second-order valence-corrected chi connectivity index (χ2v) is 12.2. The number of carbonyl (C=O) groups is 2. The number of rotatable bonds is 7. The molecule has 3 aliphatic rings. The standard InChI is InChI=1S/C27H44N4O5/c1-18(2)24(25(32)31-11-7-8-19(31)3)22-14-23(28-36-22)34-21-16-29(17-21)15-20-9-12-30(13-10-20)26(33)35-27(4,5)6/h14,18-21,24H,7-13,15-17H2,1-6H3. The van der Waals surface area contributed by atoms with Gasteiger partial charge in [0.05, 0.1) is 0 Å². The van der Waals surface area contributed by atoms with Crippen molar-refractivity contribution in [3.05, 3.63) is 11.8 Å². The second-order valence-electron chi connectivity index (χ2n) is 12.2. The van der Waals surface area contributed by atoms with Gasteiger partial charge in [0.15, 0.2) is 5.76 Å². The highest BCUT2D eigenvalue weighted by molar-refractivity contribution is 5.84. The summed E-state index contributed by atoms with van der Waals surface area (Å²) in [6.45, 7) is 17.0. The molecule has 1 aromatic rings. The quantitative estimate of drug-likeness (QED) is 0.551. The molecule has 36 heavy (non-hydrogen) atoms. The van der Waals surface area contributed by atoms with Gasteiger partial charge in [0, 0.05) is 51.4 Å². The number of amides is 2. The summed E-state index contributed by atoms with van der Waals surface area (Å²) >= 11 is 0. The third-order valence-corrected chi connectivity index (χ3v) is 7.58. The van der Waals surface area contributed by atoms with Gasteiger partial charge >= 0.3 is 6.09 Å². The normalized spacial score (nSPS) is 23.1. The Kier molecular flexibility index (Phi) is 8.17. The second kappa shape index (κ2) is 11.0. The van der Waals surface area contributed by atoms with Crippen molar-refractivity contribution < 1.29 is 23.6 Å². The Labute approximate surface area is 215 Å². The van der Waals surface area contributed by atoms with Gasteiger partial charge in [-0.2, -0.15) is 0 Å². The first-order valence-electron chi connectivity index (χ1n) is 13.6. The Morgan fingerprint density at radius 3 is 2.42 bits per heavy atom. The number of hydrogen-bond donors (Lipinski definition) is 0. The first kappa shape index (κ1) is 26.8. The van der Waals surface area contributed by atoms with Gasteiger partial charge in [-0.05, 0) is 70.4 Å². The zero-order chi connectivity index (χ0) is 26.0. The fourth-order valence-electron chi connectivity index (χ4n) is 5.56. The van der Waals surface area contributed by atoms with E-state index in [1.807, 2.05) is 44.4 Å². The van der Waals surface area contributed by atoms with Gasteiger partial charge in [-0.1, -0.05) is 13.8 Å². The molecule has 9 nitrogen and oxygen atoms in total. The van der Waals surface area contributed by atoms with Gasteiger partial charge in [0.25, 0.3) is 5.88 Å². The fraction of sp³-hybridized carbons (Fsp3) is 0.815. The van der Waals surface area contributed by atoms with E-state index in [0.29, 0.717) is 17.6 Å². The van der Waals surface area contributed by atoms with E-state index in [9.17, 15) is 9.59 Å². The van der Waals surface area contributed by atoms with Crippen LogP contribution in [0, 0.1) is 11.8 Å². The zero-order valence-corrected chi connectivity index (χ0v) is 22.9. The highest BCUT2D eigenvalue weighted by Gasteiger charge is 2.37. The van der Waals surface area contributed by atoms with Crippen molar-refractivity contribution >= 4 is 12.0 Å². The van der Waals surface area contributed by atoms with Crippen molar-refractivity contribution in [3.8, 4) is 5.88 Å². The predicted molar refractivity (Wildman–Crippen MR) is 136 cm³/mol. The maximum absolute atomic E-state index is 13.2. The lowest BCUT2D eigenvalue weighted by molar-refractivity contribution is -0.134. The van der Waals surface area contributed by atoms with Crippen LogP contribution in [0.3, 0.4) is 0 Å². The molecule has 3 saturated heterocycles. The van der Waals surface area contributed by atoms with E-state index >= 15 is 0 Å². The molecule has 4 heterocycles. The van der Waals surface area contributed by atoms with Crippen molar-refractivity contribution in [2.45, 2.75) is 90.9 Å². The average molecular weight is 505 g/mol. The van der Waals surface area contributed by atoms with Crippen LogP contribution < -0.4 is 4.74 Å². The van der Waals surface area contributed by atoms with Crippen molar-refractivity contribution in [1.82, 2.24) is 19.9 Å². The zero-order valence-electron chi connectivity index (χ0n) is 22.9. The van der Waals surface area contributed by atoms with Crippen LogP contribution in [0.25, 0.3) is 0 Å². The van der Waals surface area contributed by atoms with E-state index in [1.54, 1.807) is 6.07 Å². The van der Waals surface area contributed by atoms with Crippen LogP contribution in [0.1, 0.15) is 78.9 Å². The van der Waals surface area contributed by atoms with E-state index in [0.717, 1.165) is 65.0 Å². The number of aromatic nitrogens is 1. The van der Waals surface area contributed by atoms with Crippen LogP contribution in [0.5, 0.6) is 5.88 Å². The Hall–Kier alpha value is -2.29. The lowest BCUT2D eigenvalue weighted by atomic mass is 9.91. The van der Waals surface area contributed by atoms with Crippen molar-refractivity contribution in [2.75, 3.05) is 39.3 Å². The van der Waals surface area contributed by atoms with E-state index in [2.05, 4.69) is 17.0 Å². The molecule has 2 unspecified atom stereocenters. The Bertz CT molecular complexity index is 896. The number of nitrogens with zero attached hydrogens (tertiary/aromatic N) is 4. The van der Waals surface area contributed by atoms with E-state index in [-0.39, 0.29) is 36.0 Å². The summed E-state index contributed by atoms with van der Waals surface area (Å²) in [6.07, 6.45) is 3.98. The van der Waals surface area contributed by atoms with Crippen LogP contribution >= 0.6 is 0 Å². The number of likely N-dealkylation sites (tertiary alicyclic amines) is 3.